The van der Waals surface area contributed by atoms with E-state index < -0.39 is 0 Å². The molecule has 0 unspecified atom stereocenters. The van der Waals surface area contributed by atoms with Gasteiger partial charge in [0, 0.05) is 31.2 Å². The van der Waals surface area contributed by atoms with Crippen LogP contribution in [0.2, 0.25) is 0 Å². The highest BCUT2D eigenvalue weighted by Gasteiger charge is 2.26. The number of pyridine rings is 1. The average Bonchev–Trinajstić information content (AvgIpc) is 3.00. The Morgan fingerprint density at radius 1 is 1.43 bits per heavy atom. The summed E-state index contributed by atoms with van der Waals surface area (Å²) in [5.74, 6) is 0.551. The summed E-state index contributed by atoms with van der Waals surface area (Å²) >= 11 is 0. The standard InChI is InChI=1S/C16H20N4O/c1-12-4-2-7-17-15(12)16(21)20-9-3-5-13(11-20)10-14-6-8-18-19-14/h2,4,6-8,13H,3,5,9-11H2,1H3,(H,18,19)/t13-/m1/s1. The molecule has 1 aliphatic rings. The number of carbonyl (C=O) groups excluding carboxylic acids is 1. The Morgan fingerprint density at radius 2 is 2.33 bits per heavy atom. The van der Waals surface area contributed by atoms with Crippen LogP contribution in [0, 0.1) is 12.8 Å². The van der Waals surface area contributed by atoms with Crippen molar-refractivity contribution in [2.45, 2.75) is 26.2 Å². The number of hydrogen-bond acceptors (Lipinski definition) is 3. The number of piperidine rings is 1. The largest absolute Gasteiger partial charge is 0.337 e. The molecule has 110 valence electrons. The zero-order valence-electron chi connectivity index (χ0n) is 12.2. The Hall–Kier alpha value is -2.17. The fourth-order valence-electron chi connectivity index (χ4n) is 2.98. The summed E-state index contributed by atoms with van der Waals surface area (Å²) in [5, 5.41) is 6.99. The van der Waals surface area contributed by atoms with Crippen LogP contribution in [0.5, 0.6) is 0 Å². The first-order valence-electron chi connectivity index (χ1n) is 7.43. The summed E-state index contributed by atoms with van der Waals surface area (Å²) in [6.45, 7) is 3.56. The molecule has 1 aliphatic heterocycles. The average molecular weight is 284 g/mol. The van der Waals surface area contributed by atoms with Gasteiger partial charge in [-0.15, -0.1) is 0 Å². The van der Waals surface area contributed by atoms with Crippen molar-refractivity contribution in [3.8, 4) is 0 Å². The molecule has 0 spiro atoms. The third kappa shape index (κ3) is 3.12. The summed E-state index contributed by atoms with van der Waals surface area (Å²) in [6, 6.07) is 5.80. The Balaban J connectivity index is 1.68. The maximum atomic E-state index is 12.6. The van der Waals surface area contributed by atoms with Gasteiger partial charge in [0.15, 0.2) is 0 Å². The molecular weight excluding hydrogens is 264 g/mol. The number of H-pyrrole nitrogens is 1. The van der Waals surface area contributed by atoms with Crippen LogP contribution in [0.3, 0.4) is 0 Å². The van der Waals surface area contributed by atoms with E-state index in [2.05, 4.69) is 15.2 Å². The van der Waals surface area contributed by atoms with Gasteiger partial charge < -0.3 is 4.90 Å². The number of aryl methyl sites for hydroxylation is 1. The van der Waals surface area contributed by atoms with E-state index in [1.54, 1.807) is 12.4 Å². The number of carbonyl (C=O) groups is 1. The van der Waals surface area contributed by atoms with Crippen LogP contribution in [-0.2, 0) is 6.42 Å². The van der Waals surface area contributed by atoms with E-state index in [0.29, 0.717) is 11.6 Å². The van der Waals surface area contributed by atoms with E-state index in [1.165, 1.54) is 0 Å². The van der Waals surface area contributed by atoms with E-state index in [9.17, 15) is 4.79 Å². The Morgan fingerprint density at radius 3 is 3.10 bits per heavy atom. The molecule has 5 heteroatoms. The molecule has 0 aliphatic carbocycles. The first kappa shape index (κ1) is 13.8. The molecular formula is C16H20N4O. The van der Waals surface area contributed by atoms with E-state index >= 15 is 0 Å². The first-order chi connectivity index (χ1) is 10.2. The fourth-order valence-corrected chi connectivity index (χ4v) is 2.98. The third-order valence-electron chi connectivity index (χ3n) is 4.09. The number of aromatic amines is 1. The molecule has 1 atom stereocenters. The van der Waals surface area contributed by atoms with Crippen LogP contribution in [0.25, 0.3) is 0 Å². The number of hydrogen-bond donors (Lipinski definition) is 1. The van der Waals surface area contributed by atoms with Crippen molar-refractivity contribution in [2.75, 3.05) is 13.1 Å². The minimum Gasteiger partial charge on any atom is -0.337 e. The predicted octanol–water partition coefficient (Wildman–Crippen LogP) is 2.21. The summed E-state index contributed by atoms with van der Waals surface area (Å²) < 4.78 is 0. The maximum absolute atomic E-state index is 12.6. The fraction of sp³-hybridized carbons (Fsp3) is 0.438. The molecule has 3 rings (SSSR count). The minimum atomic E-state index is 0.0578. The number of nitrogens with zero attached hydrogens (tertiary/aromatic N) is 3. The molecule has 2 aromatic rings. The lowest BCUT2D eigenvalue weighted by Gasteiger charge is -2.32. The summed E-state index contributed by atoms with van der Waals surface area (Å²) in [7, 11) is 0. The van der Waals surface area contributed by atoms with Gasteiger partial charge in [-0.05, 0) is 49.8 Å². The number of likely N-dealkylation sites (tertiary alicyclic amines) is 1. The molecule has 1 saturated heterocycles. The molecule has 5 nitrogen and oxygen atoms in total. The first-order valence-corrected chi connectivity index (χ1v) is 7.43. The molecule has 1 amide bonds. The number of aromatic nitrogens is 3. The van der Waals surface area contributed by atoms with Gasteiger partial charge in [-0.3, -0.25) is 14.9 Å². The van der Waals surface area contributed by atoms with Crippen LogP contribution in [0.4, 0.5) is 0 Å². The lowest BCUT2D eigenvalue weighted by Crippen LogP contribution is -2.41. The van der Waals surface area contributed by atoms with Gasteiger partial charge in [0.1, 0.15) is 5.69 Å². The second-order valence-electron chi connectivity index (χ2n) is 5.71. The second-order valence-corrected chi connectivity index (χ2v) is 5.71. The molecule has 0 saturated carbocycles. The van der Waals surface area contributed by atoms with Gasteiger partial charge in [0.2, 0.25) is 0 Å². The van der Waals surface area contributed by atoms with Crippen LogP contribution >= 0.6 is 0 Å². The van der Waals surface area contributed by atoms with Gasteiger partial charge in [-0.1, -0.05) is 6.07 Å². The van der Waals surface area contributed by atoms with E-state index in [0.717, 1.165) is 43.6 Å². The van der Waals surface area contributed by atoms with Gasteiger partial charge >= 0.3 is 0 Å². The quantitative estimate of drug-likeness (QED) is 0.940. The van der Waals surface area contributed by atoms with Gasteiger partial charge in [0.05, 0.1) is 0 Å². The Labute approximate surface area is 124 Å². The zero-order chi connectivity index (χ0) is 14.7. The highest BCUT2D eigenvalue weighted by molar-refractivity contribution is 5.93. The molecule has 3 heterocycles. The number of amides is 1. The number of nitrogens with one attached hydrogen (secondary N) is 1. The van der Waals surface area contributed by atoms with Crippen molar-refractivity contribution in [3.63, 3.8) is 0 Å². The van der Waals surface area contributed by atoms with Gasteiger partial charge in [-0.25, -0.2) is 0 Å². The molecule has 2 aromatic heterocycles. The van der Waals surface area contributed by atoms with Crippen molar-refractivity contribution in [2.24, 2.45) is 5.92 Å². The van der Waals surface area contributed by atoms with E-state index in [-0.39, 0.29) is 5.91 Å². The summed E-state index contributed by atoms with van der Waals surface area (Å²) in [4.78, 5) is 18.8. The molecule has 1 fully saturated rings. The monoisotopic (exact) mass is 284 g/mol. The van der Waals surface area contributed by atoms with Crippen molar-refractivity contribution in [1.82, 2.24) is 20.1 Å². The van der Waals surface area contributed by atoms with Crippen molar-refractivity contribution >= 4 is 5.91 Å². The van der Waals surface area contributed by atoms with Gasteiger partial charge in [0.25, 0.3) is 5.91 Å². The lowest BCUT2D eigenvalue weighted by molar-refractivity contribution is 0.0666. The number of rotatable bonds is 3. The van der Waals surface area contributed by atoms with Crippen LogP contribution < -0.4 is 0 Å². The minimum absolute atomic E-state index is 0.0578. The van der Waals surface area contributed by atoms with Crippen LogP contribution in [0.15, 0.2) is 30.6 Å². The highest BCUT2D eigenvalue weighted by atomic mass is 16.2. The maximum Gasteiger partial charge on any atom is 0.272 e. The topological polar surface area (TPSA) is 61.9 Å². The van der Waals surface area contributed by atoms with Crippen molar-refractivity contribution < 1.29 is 4.79 Å². The van der Waals surface area contributed by atoms with Gasteiger partial charge in [-0.2, -0.15) is 5.10 Å². The van der Waals surface area contributed by atoms with Crippen molar-refractivity contribution in [3.05, 3.63) is 47.5 Å². The molecule has 0 aromatic carbocycles. The lowest BCUT2D eigenvalue weighted by atomic mass is 9.93. The third-order valence-corrected chi connectivity index (χ3v) is 4.09. The zero-order valence-corrected chi connectivity index (χ0v) is 12.2. The Bertz CT molecular complexity index is 608. The normalized spacial score (nSPS) is 18.7. The Kier molecular flexibility index (Phi) is 3.99. The van der Waals surface area contributed by atoms with Crippen LogP contribution in [0.1, 0.15) is 34.6 Å². The van der Waals surface area contributed by atoms with Crippen LogP contribution in [-0.4, -0.2) is 39.1 Å². The highest BCUT2D eigenvalue weighted by Crippen LogP contribution is 2.21. The second kappa shape index (κ2) is 6.08. The van der Waals surface area contributed by atoms with Crippen molar-refractivity contribution in [1.29, 1.82) is 0 Å². The summed E-state index contributed by atoms with van der Waals surface area (Å²) in [6.07, 6.45) is 6.62. The molecule has 1 N–H and O–H groups in total. The predicted molar refractivity (Wildman–Crippen MR) is 79.9 cm³/mol. The van der Waals surface area contributed by atoms with E-state index in [4.69, 9.17) is 0 Å². The summed E-state index contributed by atoms with van der Waals surface area (Å²) in [5.41, 5.74) is 2.67. The molecule has 0 bridgehead atoms. The smallest absolute Gasteiger partial charge is 0.272 e. The SMILES string of the molecule is Cc1cccnc1C(=O)N1CCC[C@H](Cc2ccn[nH]2)C1. The molecule has 21 heavy (non-hydrogen) atoms. The molecule has 0 radical (unpaired) electrons. The van der Waals surface area contributed by atoms with E-state index in [1.807, 2.05) is 30.0 Å².